The summed E-state index contributed by atoms with van der Waals surface area (Å²) in [7, 11) is 0. The Balaban J connectivity index is 1.94. The van der Waals surface area contributed by atoms with Gasteiger partial charge in [-0.05, 0) is 29.7 Å². The number of carbonyl (C=O) groups excluding carboxylic acids is 1. The lowest BCUT2D eigenvalue weighted by atomic mass is 10.1. The van der Waals surface area contributed by atoms with E-state index in [1.807, 2.05) is 49.4 Å². The molecule has 1 amide bonds. The van der Waals surface area contributed by atoms with Crippen molar-refractivity contribution in [2.45, 2.75) is 19.8 Å². The monoisotopic (exact) mass is 306 g/mol. The van der Waals surface area contributed by atoms with E-state index in [2.05, 4.69) is 17.1 Å². The van der Waals surface area contributed by atoms with Crippen LogP contribution >= 0.6 is 0 Å². The number of benzene rings is 2. The summed E-state index contributed by atoms with van der Waals surface area (Å²) < 4.78 is 0. The zero-order valence-electron chi connectivity index (χ0n) is 13.0. The largest absolute Gasteiger partial charge is 0.410 e. The predicted octanol–water partition coefficient (Wildman–Crippen LogP) is 4.19. The predicted molar refractivity (Wildman–Crippen MR) is 92.0 cm³/mol. The second-order valence-electron chi connectivity index (χ2n) is 5.56. The van der Waals surface area contributed by atoms with Gasteiger partial charge in [-0.25, -0.2) is 0 Å². The van der Waals surface area contributed by atoms with Gasteiger partial charge in [0.05, 0.1) is 0 Å². The molecule has 0 fully saturated rings. The summed E-state index contributed by atoms with van der Waals surface area (Å²) in [6, 6.07) is 13.4. The van der Waals surface area contributed by atoms with E-state index in [4.69, 9.17) is 0 Å². The normalized spacial score (nSPS) is 13.5. The summed E-state index contributed by atoms with van der Waals surface area (Å²) in [4.78, 5) is 12.1. The molecule has 0 aromatic heterocycles. The van der Waals surface area contributed by atoms with Crippen LogP contribution in [0.15, 0.2) is 59.8 Å². The van der Waals surface area contributed by atoms with Gasteiger partial charge in [-0.2, -0.15) is 0 Å². The Bertz CT molecular complexity index is 822. The van der Waals surface area contributed by atoms with E-state index in [0.29, 0.717) is 23.4 Å². The average Bonchev–Trinajstić information content (AvgIpc) is 2.88. The van der Waals surface area contributed by atoms with Crippen molar-refractivity contribution in [3.05, 3.63) is 65.7 Å². The highest BCUT2D eigenvalue weighted by Gasteiger charge is 2.25. The topological polar surface area (TPSA) is 61.7 Å². The van der Waals surface area contributed by atoms with Gasteiger partial charge < -0.3 is 10.5 Å². The first-order valence-corrected chi connectivity index (χ1v) is 7.61. The Morgan fingerprint density at radius 1 is 1.13 bits per heavy atom. The van der Waals surface area contributed by atoms with Gasteiger partial charge in [-0.1, -0.05) is 55.4 Å². The molecule has 1 aliphatic rings. The lowest BCUT2D eigenvalue weighted by Gasteiger charge is -2.09. The number of rotatable bonds is 4. The van der Waals surface area contributed by atoms with E-state index in [1.165, 1.54) is 0 Å². The fourth-order valence-corrected chi connectivity index (χ4v) is 2.86. The molecule has 23 heavy (non-hydrogen) atoms. The molecular weight excluding hydrogens is 288 g/mol. The molecule has 2 aromatic carbocycles. The zero-order valence-corrected chi connectivity index (χ0v) is 13.0. The Hall–Kier alpha value is -2.88. The lowest BCUT2D eigenvalue weighted by molar-refractivity contribution is -0.113. The van der Waals surface area contributed by atoms with Crippen LogP contribution in [0.1, 0.15) is 30.9 Å². The standard InChI is InChI=1S/C19H18N2O2/c1-3-6-12(2)19(22)20-13-9-10-15-14-7-4-5-8-16(14)18(21-23)17(15)11-13/h4-5,7-11,23H,2-3,6H2,1H3,(H,20,22)/b21-18-. The molecule has 0 spiro atoms. The van der Waals surface area contributed by atoms with Crippen molar-refractivity contribution >= 4 is 17.3 Å². The molecule has 4 nitrogen and oxygen atoms in total. The first kappa shape index (κ1) is 15.0. The van der Waals surface area contributed by atoms with Crippen molar-refractivity contribution in [3.63, 3.8) is 0 Å². The molecule has 2 aromatic rings. The maximum absolute atomic E-state index is 12.1. The van der Waals surface area contributed by atoms with Crippen LogP contribution in [0.25, 0.3) is 11.1 Å². The molecule has 0 aliphatic heterocycles. The molecule has 2 N–H and O–H groups in total. The number of hydrogen-bond acceptors (Lipinski definition) is 3. The molecule has 0 saturated heterocycles. The summed E-state index contributed by atoms with van der Waals surface area (Å²) in [6.07, 6.45) is 1.55. The molecule has 0 bridgehead atoms. The fraction of sp³-hybridized carbons (Fsp3) is 0.158. The highest BCUT2D eigenvalue weighted by Crippen LogP contribution is 2.38. The minimum Gasteiger partial charge on any atom is -0.410 e. The molecule has 116 valence electrons. The van der Waals surface area contributed by atoms with E-state index >= 15 is 0 Å². The second-order valence-corrected chi connectivity index (χ2v) is 5.56. The van der Waals surface area contributed by atoms with Crippen LogP contribution in [-0.2, 0) is 4.79 Å². The molecular formula is C19H18N2O2. The van der Waals surface area contributed by atoms with Gasteiger partial charge in [0.15, 0.2) is 0 Å². The van der Waals surface area contributed by atoms with Gasteiger partial charge in [-0.15, -0.1) is 0 Å². The Morgan fingerprint density at radius 2 is 1.83 bits per heavy atom. The third-order valence-corrected chi connectivity index (χ3v) is 3.98. The van der Waals surface area contributed by atoms with Crippen LogP contribution in [-0.4, -0.2) is 16.8 Å². The van der Waals surface area contributed by atoms with Gasteiger partial charge in [-0.3, -0.25) is 4.79 Å². The van der Waals surface area contributed by atoms with Crippen molar-refractivity contribution < 1.29 is 10.0 Å². The van der Waals surface area contributed by atoms with Crippen LogP contribution in [0.2, 0.25) is 0 Å². The van der Waals surface area contributed by atoms with E-state index < -0.39 is 0 Å². The van der Waals surface area contributed by atoms with Crippen molar-refractivity contribution in [3.8, 4) is 11.1 Å². The number of nitrogens with zero attached hydrogens (tertiary/aromatic N) is 1. The van der Waals surface area contributed by atoms with Crippen molar-refractivity contribution in [1.82, 2.24) is 0 Å². The fourth-order valence-electron chi connectivity index (χ4n) is 2.86. The summed E-state index contributed by atoms with van der Waals surface area (Å²) >= 11 is 0. The van der Waals surface area contributed by atoms with Crippen molar-refractivity contribution in [2.75, 3.05) is 5.32 Å². The Morgan fingerprint density at radius 3 is 2.52 bits per heavy atom. The third-order valence-electron chi connectivity index (χ3n) is 3.98. The zero-order chi connectivity index (χ0) is 16.4. The molecule has 0 heterocycles. The first-order valence-electron chi connectivity index (χ1n) is 7.61. The van der Waals surface area contributed by atoms with E-state index in [0.717, 1.165) is 28.7 Å². The van der Waals surface area contributed by atoms with E-state index in [-0.39, 0.29) is 5.91 Å². The summed E-state index contributed by atoms with van der Waals surface area (Å²) in [5, 5.41) is 15.7. The molecule has 0 unspecified atom stereocenters. The van der Waals surface area contributed by atoms with Gasteiger partial charge in [0.2, 0.25) is 0 Å². The highest BCUT2D eigenvalue weighted by atomic mass is 16.4. The van der Waals surface area contributed by atoms with Crippen molar-refractivity contribution in [1.29, 1.82) is 0 Å². The quantitative estimate of drug-likeness (QED) is 0.431. The molecule has 0 atom stereocenters. The average molecular weight is 306 g/mol. The SMILES string of the molecule is C=C(CCC)C(=O)Nc1ccc2c(c1)/C(=N\O)c1ccccc1-2. The van der Waals surface area contributed by atoms with Gasteiger partial charge in [0, 0.05) is 22.4 Å². The summed E-state index contributed by atoms with van der Waals surface area (Å²) in [5.41, 5.74) is 5.49. The smallest absolute Gasteiger partial charge is 0.250 e. The maximum Gasteiger partial charge on any atom is 0.250 e. The first-order chi connectivity index (χ1) is 11.2. The van der Waals surface area contributed by atoms with Crippen LogP contribution < -0.4 is 5.32 Å². The Kier molecular flexibility index (Phi) is 3.98. The minimum atomic E-state index is -0.176. The summed E-state index contributed by atoms with van der Waals surface area (Å²) in [5.74, 6) is -0.176. The van der Waals surface area contributed by atoms with Gasteiger partial charge >= 0.3 is 0 Å². The van der Waals surface area contributed by atoms with Crippen LogP contribution in [0.5, 0.6) is 0 Å². The maximum atomic E-state index is 12.1. The summed E-state index contributed by atoms with van der Waals surface area (Å²) in [6.45, 7) is 5.81. The van der Waals surface area contributed by atoms with Crippen molar-refractivity contribution in [2.24, 2.45) is 5.16 Å². The number of hydrogen-bond donors (Lipinski definition) is 2. The molecule has 1 aliphatic carbocycles. The molecule has 0 saturated carbocycles. The lowest BCUT2D eigenvalue weighted by Crippen LogP contribution is -2.14. The van der Waals surface area contributed by atoms with E-state index in [1.54, 1.807) is 0 Å². The van der Waals surface area contributed by atoms with Gasteiger partial charge in [0.1, 0.15) is 5.71 Å². The van der Waals surface area contributed by atoms with E-state index in [9.17, 15) is 10.0 Å². The van der Waals surface area contributed by atoms with Crippen LogP contribution in [0, 0.1) is 0 Å². The second kappa shape index (κ2) is 6.08. The molecule has 0 radical (unpaired) electrons. The third kappa shape index (κ3) is 2.63. The highest BCUT2D eigenvalue weighted by molar-refractivity contribution is 6.24. The number of fused-ring (bicyclic) bond motifs is 3. The van der Waals surface area contributed by atoms with Crippen LogP contribution in [0.4, 0.5) is 5.69 Å². The number of anilines is 1. The van der Waals surface area contributed by atoms with Crippen LogP contribution in [0.3, 0.4) is 0 Å². The molecule has 4 heteroatoms. The number of nitrogens with one attached hydrogen (secondary N) is 1. The van der Waals surface area contributed by atoms with Gasteiger partial charge in [0.25, 0.3) is 5.91 Å². The minimum absolute atomic E-state index is 0.176. The number of carbonyl (C=O) groups is 1. The Labute approximate surface area is 135 Å². The molecule has 3 rings (SSSR count). The number of amides is 1. The number of oxime groups is 1.